The van der Waals surface area contributed by atoms with Crippen LogP contribution in [0.2, 0.25) is 0 Å². The number of carbonyl (C=O) groups excluding carboxylic acids is 1. The molecule has 4 heterocycles. The van der Waals surface area contributed by atoms with Crippen LogP contribution in [-0.4, -0.2) is 69.4 Å². The van der Waals surface area contributed by atoms with Gasteiger partial charge in [0, 0.05) is 44.6 Å². The molecule has 0 aromatic carbocycles. The molecule has 1 saturated heterocycles. The van der Waals surface area contributed by atoms with E-state index in [1.54, 1.807) is 6.20 Å². The van der Waals surface area contributed by atoms with Crippen molar-refractivity contribution >= 4 is 5.91 Å². The largest absolute Gasteiger partial charge is 0.379 e. The lowest BCUT2D eigenvalue weighted by Crippen LogP contribution is -2.49. The number of nitrogens with zero attached hydrogens (tertiary/aromatic N) is 5. The van der Waals surface area contributed by atoms with Gasteiger partial charge in [-0.05, 0) is 37.1 Å². The molecule has 0 radical (unpaired) electrons. The van der Waals surface area contributed by atoms with E-state index in [2.05, 4.69) is 15.0 Å². The number of pyridine rings is 1. The van der Waals surface area contributed by atoms with E-state index < -0.39 is 0 Å². The quantitative estimate of drug-likeness (QED) is 0.831. The van der Waals surface area contributed by atoms with Gasteiger partial charge in [-0.3, -0.25) is 19.4 Å². The zero-order chi connectivity index (χ0) is 17.9. The maximum absolute atomic E-state index is 13.3. The highest BCUT2D eigenvalue weighted by Gasteiger charge is 2.31. The molecule has 2 aliphatic heterocycles. The van der Waals surface area contributed by atoms with E-state index in [1.165, 1.54) is 0 Å². The molecule has 0 spiro atoms. The molecule has 2 aromatic rings. The van der Waals surface area contributed by atoms with Crippen molar-refractivity contribution in [3.63, 3.8) is 0 Å². The molecule has 138 valence electrons. The topological polar surface area (TPSA) is 63.5 Å². The molecule has 0 N–H and O–H groups in total. The van der Waals surface area contributed by atoms with Crippen molar-refractivity contribution in [3.05, 3.63) is 47.5 Å². The van der Waals surface area contributed by atoms with Gasteiger partial charge in [-0.25, -0.2) is 0 Å². The number of fused-ring (bicyclic) bond motifs is 1. The molecule has 26 heavy (non-hydrogen) atoms. The number of morpholine rings is 1. The van der Waals surface area contributed by atoms with Crippen LogP contribution in [0.4, 0.5) is 0 Å². The zero-order valence-electron chi connectivity index (χ0n) is 15.2. The van der Waals surface area contributed by atoms with Crippen molar-refractivity contribution in [2.75, 3.05) is 32.8 Å². The van der Waals surface area contributed by atoms with Crippen molar-refractivity contribution in [1.29, 1.82) is 0 Å². The molecule has 1 amide bonds. The molecule has 0 saturated carbocycles. The van der Waals surface area contributed by atoms with Gasteiger partial charge in [-0.2, -0.15) is 5.10 Å². The summed E-state index contributed by atoms with van der Waals surface area (Å²) in [6.45, 7) is 7.64. The number of hydrogen-bond donors (Lipinski definition) is 0. The van der Waals surface area contributed by atoms with Crippen LogP contribution in [0.5, 0.6) is 0 Å². The zero-order valence-corrected chi connectivity index (χ0v) is 15.2. The van der Waals surface area contributed by atoms with Crippen molar-refractivity contribution < 1.29 is 9.53 Å². The lowest BCUT2D eigenvalue weighted by molar-refractivity contribution is 0.0201. The molecule has 1 atom stereocenters. The number of aromatic nitrogens is 3. The van der Waals surface area contributed by atoms with Crippen LogP contribution in [0.15, 0.2) is 30.6 Å². The minimum absolute atomic E-state index is 0.00149. The number of aryl methyl sites for hydroxylation is 2. The smallest absolute Gasteiger partial charge is 0.273 e. The van der Waals surface area contributed by atoms with Gasteiger partial charge in [-0.15, -0.1) is 0 Å². The van der Waals surface area contributed by atoms with Crippen LogP contribution in [0.3, 0.4) is 0 Å². The van der Waals surface area contributed by atoms with Gasteiger partial charge >= 0.3 is 0 Å². The molecule has 7 nitrogen and oxygen atoms in total. The third kappa shape index (κ3) is 3.64. The Morgan fingerprint density at radius 3 is 2.88 bits per heavy atom. The van der Waals surface area contributed by atoms with Crippen molar-refractivity contribution in [1.82, 2.24) is 24.6 Å². The first kappa shape index (κ1) is 17.2. The van der Waals surface area contributed by atoms with Gasteiger partial charge in [0.15, 0.2) is 0 Å². The molecular weight excluding hydrogens is 330 g/mol. The lowest BCUT2D eigenvalue weighted by Gasteiger charge is -2.35. The van der Waals surface area contributed by atoms with Gasteiger partial charge in [0.1, 0.15) is 5.69 Å². The Kier molecular flexibility index (Phi) is 4.99. The van der Waals surface area contributed by atoms with E-state index in [4.69, 9.17) is 4.74 Å². The summed E-state index contributed by atoms with van der Waals surface area (Å²) in [5, 5.41) is 4.41. The fourth-order valence-electron chi connectivity index (χ4n) is 3.74. The minimum atomic E-state index is 0.00149. The highest BCUT2D eigenvalue weighted by atomic mass is 16.5. The Labute approximate surface area is 153 Å². The predicted octanol–water partition coefficient (Wildman–Crippen LogP) is 1.33. The average Bonchev–Trinajstić information content (AvgIpc) is 3.04. The average molecular weight is 355 g/mol. The van der Waals surface area contributed by atoms with Crippen LogP contribution in [0.1, 0.15) is 28.2 Å². The van der Waals surface area contributed by atoms with Crippen LogP contribution >= 0.6 is 0 Å². The van der Waals surface area contributed by atoms with Gasteiger partial charge in [-0.1, -0.05) is 0 Å². The summed E-state index contributed by atoms with van der Waals surface area (Å²) in [4.78, 5) is 22.0. The van der Waals surface area contributed by atoms with Gasteiger partial charge in [0.05, 0.1) is 25.5 Å². The second-order valence-corrected chi connectivity index (χ2v) is 7.05. The van der Waals surface area contributed by atoms with Gasteiger partial charge in [0.2, 0.25) is 0 Å². The second-order valence-electron chi connectivity index (χ2n) is 7.05. The Bertz CT molecular complexity index is 769. The summed E-state index contributed by atoms with van der Waals surface area (Å²) in [5.41, 5.74) is 2.65. The fraction of sp³-hybridized carbons (Fsp3) is 0.526. The Balaban J connectivity index is 1.59. The van der Waals surface area contributed by atoms with Crippen LogP contribution < -0.4 is 0 Å². The van der Waals surface area contributed by atoms with E-state index in [0.717, 1.165) is 57.1 Å². The third-order valence-electron chi connectivity index (χ3n) is 5.22. The summed E-state index contributed by atoms with van der Waals surface area (Å²) in [6.07, 6.45) is 4.41. The number of carbonyl (C=O) groups is 1. The minimum Gasteiger partial charge on any atom is -0.379 e. The number of hydrogen-bond acceptors (Lipinski definition) is 5. The summed E-state index contributed by atoms with van der Waals surface area (Å²) < 4.78 is 7.48. The summed E-state index contributed by atoms with van der Waals surface area (Å²) in [7, 11) is 0. The fourth-order valence-corrected chi connectivity index (χ4v) is 3.74. The first-order valence-electron chi connectivity index (χ1n) is 9.25. The SMILES string of the molecule is Cc1ccnc(C(=O)N2Cc3ccnn3CC[C@@H]2CN2CCOCC2)c1. The Hall–Kier alpha value is -2.25. The van der Waals surface area contributed by atoms with Crippen LogP contribution in [-0.2, 0) is 17.8 Å². The monoisotopic (exact) mass is 355 g/mol. The van der Waals surface area contributed by atoms with Gasteiger partial charge in [0.25, 0.3) is 5.91 Å². The van der Waals surface area contributed by atoms with Crippen molar-refractivity contribution in [3.8, 4) is 0 Å². The molecule has 4 rings (SSSR count). The first-order valence-corrected chi connectivity index (χ1v) is 9.25. The summed E-state index contributed by atoms with van der Waals surface area (Å²) >= 11 is 0. The van der Waals surface area contributed by atoms with E-state index >= 15 is 0 Å². The maximum atomic E-state index is 13.3. The van der Waals surface area contributed by atoms with Crippen LogP contribution in [0.25, 0.3) is 0 Å². The molecule has 7 heteroatoms. The highest BCUT2D eigenvalue weighted by molar-refractivity contribution is 5.92. The summed E-state index contributed by atoms with van der Waals surface area (Å²) in [6, 6.07) is 5.93. The molecule has 0 bridgehead atoms. The van der Waals surface area contributed by atoms with Crippen molar-refractivity contribution in [2.24, 2.45) is 0 Å². The number of rotatable bonds is 3. The predicted molar refractivity (Wildman–Crippen MR) is 96.7 cm³/mol. The molecular formula is C19H25N5O2. The van der Waals surface area contributed by atoms with E-state index in [9.17, 15) is 4.79 Å². The third-order valence-corrected chi connectivity index (χ3v) is 5.22. The molecule has 2 aromatic heterocycles. The van der Waals surface area contributed by atoms with Crippen LogP contribution in [0, 0.1) is 6.92 Å². The second kappa shape index (κ2) is 7.55. The normalized spacial score (nSPS) is 21.3. The summed E-state index contributed by atoms with van der Waals surface area (Å²) in [5.74, 6) is 0.00149. The first-order chi connectivity index (χ1) is 12.7. The highest BCUT2D eigenvalue weighted by Crippen LogP contribution is 2.21. The molecule has 0 unspecified atom stereocenters. The van der Waals surface area contributed by atoms with E-state index in [1.807, 2.05) is 40.9 Å². The number of amides is 1. The van der Waals surface area contributed by atoms with Gasteiger partial charge < -0.3 is 9.64 Å². The molecule has 2 aliphatic rings. The van der Waals surface area contributed by atoms with Crippen molar-refractivity contribution in [2.45, 2.75) is 32.5 Å². The molecule has 0 aliphatic carbocycles. The molecule has 1 fully saturated rings. The standard InChI is InChI=1S/C19H25N5O2/c1-15-2-5-20-18(12-15)19(25)23-14-17-3-6-21-24(17)7-4-16(23)13-22-8-10-26-11-9-22/h2-3,5-6,12,16H,4,7-11,13-14H2,1H3/t16-/m1/s1. The van der Waals surface area contributed by atoms with E-state index in [-0.39, 0.29) is 11.9 Å². The maximum Gasteiger partial charge on any atom is 0.273 e. The van der Waals surface area contributed by atoms with E-state index in [0.29, 0.717) is 12.2 Å². The number of ether oxygens (including phenoxy) is 1. The Morgan fingerprint density at radius 1 is 1.23 bits per heavy atom. The lowest BCUT2D eigenvalue weighted by atomic mass is 10.1. The Morgan fingerprint density at radius 2 is 2.08 bits per heavy atom.